The average molecular weight is 511 g/mol. The van der Waals surface area contributed by atoms with E-state index in [0.717, 1.165) is 64.7 Å². The molecular formula is C23H34IN3O2. The van der Waals surface area contributed by atoms with Crippen LogP contribution in [0.3, 0.4) is 0 Å². The number of guanidine groups is 1. The number of halogens is 1. The lowest BCUT2D eigenvalue weighted by Gasteiger charge is -2.21. The highest BCUT2D eigenvalue weighted by Crippen LogP contribution is 2.19. The fraction of sp³-hybridized carbons (Fsp3) is 0.522. The molecule has 2 aromatic rings. The van der Waals surface area contributed by atoms with Crippen molar-refractivity contribution in [3.8, 4) is 0 Å². The minimum absolute atomic E-state index is 0. The van der Waals surface area contributed by atoms with Gasteiger partial charge in [-0.25, -0.2) is 4.99 Å². The highest BCUT2D eigenvalue weighted by Gasteiger charge is 2.13. The maximum atomic E-state index is 5.84. The first-order valence-corrected chi connectivity index (χ1v) is 10.5. The van der Waals surface area contributed by atoms with Gasteiger partial charge in [-0.3, -0.25) is 0 Å². The molecule has 3 rings (SSSR count). The molecule has 1 heterocycles. The van der Waals surface area contributed by atoms with E-state index in [9.17, 15) is 0 Å². The Morgan fingerprint density at radius 2 is 1.90 bits per heavy atom. The highest BCUT2D eigenvalue weighted by atomic mass is 127. The molecule has 0 aliphatic carbocycles. The maximum Gasteiger partial charge on any atom is 0.191 e. The van der Waals surface area contributed by atoms with E-state index in [1.54, 1.807) is 0 Å². The van der Waals surface area contributed by atoms with Gasteiger partial charge in [-0.1, -0.05) is 42.5 Å². The van der Waals surface area contributed by atoms with Crippen molar-refractivity contribution in [2.75, 3.05) is 39.5 Å². The van der Waals surface area contributed by atoms with Gasteiger partial charge in [0.15, 0.2) is 5.96 Å². The summed E-state index contributed by atoms with van der Waals surface area (Å²) in [5, 5.41) is 9.27. The zero-order valence-corrected chi connectivity index (χ0v) is 19.7. The molecule has 29 heavy (non-hydrogen) atoms. The fourth-order valence-corrected chi connectivity index (χ4v) is 3.48. The molecule has 0 atom stereocenters. The summed E-state index contributed by atoms with van der Waals surface area (Å²) < 4.78 is 11.2. The molecule has 1 aliphatic rings. The van der Waals surface area contributed by atoms with Gasteiger partial charge in [0.2, 0.25) is 0 Å². The maximum absolute atomic E-state index is 5.84. The van der Waals surface area contributed by atoms with Crippen molar-refractivity contribution in [2.45, 2.75) is 32.7 Å². The van der Waals surface area contributed by atoms with Gasteiger partial charge < -0.3 is 20.1 Å². The Morgan fingerprint density at radius 3 is 2.72 bits per heavy atom. The smallest absolute Gasteiger partial charge is 0.191 e. The molecule has 1 fully saturated rings. The first kappa shape index (κ1) is 23.9. The summed E-state index contributed by atoms with van der Waals surface area (Å²) in [6.45, 7) is 7.87. The van der Waals surface area contributed by atoms with E-state index in [4.69, 9.17) is 14.5 Å². The summed E-state index contributed by atoms with van der Waals surface area (Å²) in [6, 6.07) is 14.9. The van der Waals surface area contributed by atoms with Crippen LogP contribution in [0, 0.1) is 5.92 Å². The molecule has 5 nitrogen and oxygen atoms in total. The summed E-state index contributed by atoms with van der Waals surface area (Å²) in [4.78, 5) is 4.76. The van der Waals surface area contributed by atoms with E-state index in [2.05, 4.69) is 60.0 Å². The van der Waals surface area contributed by atoms with Crippen LogP contribution in [0.15, 0.2) is 47.5 Å². The summed E-state index contributed by atoms with van der Waals surface area (Å²) in [5.74, 6) is 1.53. The van der Waals surface area contributed by atoms with Crippen molar-refractivity contribution in [1.29, 1.82) is 0 Å². The first-order chi connectivity index (χ1) is 13.9. The third-order valence-corrected chi connectivity index (χ3v) is 5.08. The highest BCUT2D eigenvalue weighted by molar-refractivity contribution is 14.0. The second kappa shape index (κ2) is 13.8. The van der Waals surface area contributed by atoms with Gasteiger partial charge in [0.1, 0.15) is 0 Å². The molecule has 1 aliphatic heterocycles. The van der Waals surface area contributed by atoms with Crippen LogP contribution in [0.25, 0.3) is 10.8 Å². The standard InChI is InChI=1S/C23H33N3O2.HI/c1-2-24-23(25-13-6-14-28-18-19-11-15-27-16-12-19)26-17-21-9-5-8-20-7-3-4-10-22(20)21;/h3-5,7-10,19H,2,6,11-18H2,1H3,(H2,24,25,26);1H. The molecule has 0 radical (unpaired) electrons. The molecule has 2 aromatic carbocycles. The van der Waals surface area contributed by atoms with Crippen LogP contribution in [0.5, 0.6) is 0 Å². The number of nitrogens with one attached hydrogen (secondary N) is 2. The number of aliphatic imine (C=N–C) groups is 1. The van der Waals surface area contributed by atoms with Crippen molar-refractivity contribution in [3.63, 3.8) is 0 Å². The summed E-state index contributed by atoms with van der Waals surface area (Å²) in [5.41, 5.74) is 1.25. The van der Waals surface area contributed by atoms with E-state index >= 15 is 0 Å². The zero-order chi connectivity index (χ0) is 19.4. The quantitative estimate of drug-likeness (QED) is 0.228. The second-order valence-electron chi connectivity index (χ2n) is 7.24. The second-order valence-corrected chi connectivity index (χ2v) is 7.24. The Hall–Kier alpha value is -1.38. The lowest BCUT2D eigenvalue weighted by molar-refractivity contribution is 0.0203. The first-order valence-electron chi connectivity index (χ1n) is 10.5. The predicted octanol–water partition coefficient (Wildman–Crippen LogP) is 4.35. The zero-order valence-electron chi connectivity index (χ0n) is 17.4. The molecular weight excluding hydrogens is 477 g/mol. The number of fused-ring (bicyclic) bond motifs is 1. The fourth-order valence-electron chi connectivity index (χ4n) is 3.48. The lowest BCUT2D eigenvalue weighted by Crippen LogP contribution is -2.38. The van der Waals surface area contributed by atoms with E-state index in [1.807, 2.05) is 0 Å². The molecule has 2 N–H and O–H groups in total. The third kappa shape index (κ3) is 8.10. The number of ether oxygens (including phenoxy) is 2. The monoisotopic (exact) mass is 511 g/mol. The Labute approximate surface area is 191 Å². The number of rotatable bonds is 9. The lowest BCUT2D eigenvalue weighted by atomic mass is 10.0. The van der Waals surface area contributed by atoms with Gasteiger partial charge in [-0.15, -0.1) is 24.0 Å². The number of hydrogen-bond acceptors (Lipinski definition) is 3. The van der Waals surface area contributed by atoms with Crippen LogP contribution in [0.1, 0.15) is 31.7 Å². The summed E-state index contributed by atoms with van der Waals surface area (Å²) >= 11 is 0. The third-order valence-electron chi connectivity index (χ3n) is 5.08. The average Bonchev–Trinajstić information content (AvgIpc) is 2.75. The van der Waals surface area contributed by atoms with Gasteiger partial charge >= 0.3 is 0 Å². The van der Waals surface area contributed by atoms with E-state index in [-0.39, 0.29) is 24.0 Å². The molecule has 0 amide bonds. The van der Waals surface area contributed by atoms with Gasteiger partial charge in [0, 0.05) is 39.5 Å². The van der Waals surface area contributed by atoms with Crippen molar-refractivity contribution in [1.82, 2.24) is 10.6 Å². The summed E-state index contributed by atoms with van der Waals surface area (Å²) in [6.07, 6.45) is 3.23. The van der Waals surface area contributed by atoms with Gasteiger partial charge in [-0.2, -0.15) is 0 Å². The number of benzene rings is 2. The van der Waals surface area contributed by atoms with E-state index in [1.165, 1.54) is 16.3 Å². The Kier molecular flexibility index (Phi) is 11.3. The Bertz CT molecular complexity index is 742. The molecule has 1 saturated heterocycles. The molecule has 160 valence electrons. The van der Waals surface area contributed by atoms with Crippen LogP contribution in [0.2, 0.25) is 0 Å². The Balaban J connectivity index is 0.00000300. The largest absolute Gasteiger partial charge is 0.381 e. The van der Waals surface area contributed by atoms with E-state index < -0.39 is 0 Å². The van der Waals surface area contributed by atoms with Crippen molar-refractivity contribution in [2.24, 2.45) is 10.9 Å². The molecule has 0 saturated carbocycles. The van der Waals surface area contributed by atoms with Gasteiger partial charge in [-0.05, 0) is 48.4 Å². The molecule has 0 bridgehead atoms. The normalized spacial score (nSPS) is 15.1. The SMILES string of the molecule is CCNC(=NCc1cccc2ccccc12)NCCCOCC1CCOCC1.I. The number of nitrogens with zero attached hydrogens (tertiary/aromatic N) is 1. The Morgan fingerprint density at radius 1 is 1.10 bits per heavy atom. The van der Waals surface area contributed by atoms with Crippen LogP contribution in [-0.4, -0.2) is 45.5 Å². The minimum Gasteiger partial charge on any atom is -0.381 e. The van der Waals surface area contributed by atoms with Crippen LogP contribution < -0.4 is 10.6 Å². The van der Waals surface area contributed by atoms with Crippen molar-refractivity contribution in [3.05, 3.63) is 48.0 Å². The topological polar surface area (TPSA) is 54.9 Å². The van der Waals surface area contributed by atoms with Gasteiger partial charge in [0.05, 0.1) is 6.54 Å². The minimum atomic E-state index is 0. The van der Waals surface area contributed by atoms with E-state index in [0.29, 0.717) is 12.5 Å². The summed E-state index contributed by atoms with van der Waals surface area (Å²) in [7, 11) is 0. The number of hydrogen-bond donors (Lipinski definition) is 2. The van der Waals surface area contributed by atoms with Crippen molar-refractivity contribution >= 4 is 40.7 Å². The molecule has 6 heteroatoms. The predicted molar refractivity (Wildman–Crippen MR) is 131 cm³/mol. The van der Waals surface area contributed by atoms with Crippen LogP contribution >= 0.6 is 24.0 Å². The van der Waals surface area contributed by atoms with Crippen LogP contribution in [-0.2, 0) is 16.0 Å². The van der Waals surface area contributed by atoms with Crippen molar-refractivity contribution < 1.29 is 9.47 Å². The van der Waals surface area contributed by atoms with Gasteiger partial charge in [0.25, 0.3) is 0 Å². The molecule has 0 unspecified atom stereocenters. The van der Waals surface area contributed by atoms with Crippen LogP contribution in [0.4, 0.5) is 0 Å². The molecule has 0 spiro atoms. The molecule has 0 aromatic heterocycles.